The molecule has 2 heterocycles. The molecule has 168 valence electrons. The predicted octanol–water partition coefficient (Wildman–Crippen LogP) is 2.88. The van der Waals surface area contributed by atoms with Crippen LogP contribution in [0, 0.1) is 5.92 Å². The molecule has 3 atom stereocenters. The van der Waals surface area contributed by atoms with E-state index in [-0.39, 0.29) is 18.1 Å². The minimum Gasteiger partial charge on any atom is -0.453 e. The van der Waals surface area contributed by atoms with Gasteiger partial charge in [0.15, 0.2) is 0 Å². The molecule has 31 heavy (non-hydrogen) atoms. The van der Waals surface area contributed by atoms with Gasteiger partial charge in [-0.2, -0.15) is 0 Å². The molecule has 3 amide bonds. The Balaban J connectivity index is 1.38. The number of ether oxygens (including phenoxy) is 3. The highest BCUT2D eigenvalue weighted by Gasteiger charge is 2.62. The summed E-state index contributed by atoms with van der Waals surface area (Å²) in [6, 6.07) is 7.88. The van der Waals surface area contributed by atoms with Gasteiger partial charge in [0.2, 0.25) is 0 Å². The van der Waals surface area contributed by atoms with Crippen LogP contribution in [0.4, 0.5) is 20.1 Å². The maximum Gasteiger partial charge on any atom is 0.414 e. The molecule has 9 nitrogen and oxygen atoms in total. The Kier molecular flexibility index (Phi) is 5.23. The average Bonchev–Trinajstić information content (AvgIpc) is 3.08. The molecule has 9 heteroatoms. The lowest BCUT2D eigenvalue weighted by molar-refractivity contribution is 0.0270. The van der Waals surface area contributed by atoms with Gasteiger partial charge in [0.1, 0.15) is 11.7 Å². The van der Waals surface area contributed by atoms with Crippen molar-refractivity contribution < 1.29 is 28.6 Å². The van der Waals surface area contributed by atoms with Gasteiger partial charge in [0.05, 0.1) is 20.2 Å². The fourth-order valence-electron chi connectivity index (χ4n) is 4.48. The number of carbonyl (C=O) groups excluding carboxylic acids is 3. The number of cyclic esters (lactones) is 1. The summed E-state index contributed by atoms with van der Waals surface area (Å²) in [6.45, 7) is 7.52. The molecular weight excluding hydrogens is 402 g/mol. The van der Waals surface area contributed by atoms with E-state index in [2.05, 4.69) is 10.1 Å². The Labute approximate surface area is 181 Å². The Morgan fingerprint density at radius 2 is 1.94 bits per heavy atom. The quantitative estimate of drug-likeness (QED) is 0.737. The molecule has 3 aliphatic rings. The number of fused-ring (bicyclic) bond motifs is 1. The first-order chi connectivity index (χ1) is 14.6. The van der Waals surface area contributed by atoms with Crippen molar-refractivity contribution in [2.75, 3.05) is 38.2 Å². The largest absolute Gasteiger partial charge is 0.453 e. The van der Waals surface area contributed by atoms with Gasteiger partial charge in [0, 0.05) is 24.2 Å². The zero-order valence-electron chi connectivity index (χ0n) is 18.3. The first kappa shape index (κ1) is 21.3. The number of benzene rings is 1. The monoisotopic (exact) mass is 431 g/mol. The number of hydrogen-bond acceptors (Lipinski definition) is 6. The summed E-state index contributed by atoms with van der Waals surface area (Å²) >= 11 is 0. The van der Waals surface area contributed by atoms with Gasteiger partial charge >= 0.3 is 18.3 Å². The minimum atomic E-state index is -0.561. The van der Waals surface area contributed by atoms with E-state index >= 15 is 0 Å². The molecule has 2 aliphatic heterocycles. The fraction of sp³-hybridized carbons (Fsp3) is 0.591. The van der Waals surface area contributed by atoms with E-state index in [4.69, 9.17) is 9.47 Å². The standard InChI is InChI=1S/C22H29N3O6/c1-21(2,3)31-19(27)24-11-15-9-22(15,13-24)14-5-7-16(8-6-14)25-12-17(30-20(25)28)10-23-18(26)29-4/h5-8,15,17H,9-13H2,1-4H3,(H,23,26)/t15?,17-,22?/m0/s1. The maximum atomic E-state index is 12.4. The number of piperidine rings is 1. The second-order valence-corrected chi connectivity index (χ2v) is 9.45. The van der Waals surface area contributed by atoms with Crippen LogP contribution in [0.5, 0.6) is 0 Å². The third kappa shape index (κ3) is 4.26. The van der Waals surface area contributed by atoms with Crippen molar-refractivity contribution in [3.05, 3.63) is 29.8 Å². The molecule has 1 aromatic rings. The van der Waals surface area contributed by atoms with Crippen molar-refractivity contribution in [2.45, 2.75) is 44.3 Å². The van der Waals surface area contributed by atoms with Crippen LogP contribution in [0.2, 0.25) is 0 Å². The molecule has 1 N–H and O–H groups in total. The van der Waals surface area contributed by atoms with Crippen LogP contribution in [0.15, 0.2) is 24.3 Å². The second kappa shape index (κ2) is 7.62. The van der Waals surface area contributed by atoms with Crippen LogP contribution < -0.4 is 10.2 Å². The SMILES string of the molecule is COC(=O)NC[C@H]1CN(c2ccc(C34CC3CN(C(=O)OC(C)(C)C)C4)cc2)C(=O)O1. The summed E-state index contributed by atoms with van der Waals surface area (Å²) in [5, 5.41) is 2.54. The number of carbonyl (C=O) groups is 3. The first-order valence-corrected chi connectivity index (χ1v) is 10.5. The number of methoxy groups -OCH3 is 1. The maximum absolute atomic E-state index is 12.4. The van der Waals surface area contributed by atoms with E-state index in [9.17, 15) is 14.4 Å². The smallest absolute Gasteiger partial charge is 0.414 e. The number of amides is 3. The van der Waals surface area contributed by atoms with Crippen molar-refractivity contribution in [3.8, 4) is 0 Å². The highest BCUT2D eigenvalue weighted by Crippen LogP contribution is 2.59. The van der Waals surface area contributed by atoms with Crippen LogP contribution in [0.1, 0.15) is 32.8 Å². The third-order valence-electron chi connectivity index (χ3n) is 6.08. The van der Waals surface area contributed by atoms with Gasteiger partial charge in [-0.25, -0.2) is 14.4 Å². The van der Waals surface area contributed by atoms with E-state index in [0.29, 0.717) is 25.6 Å². The number of nitrogens with one attached hydrogen (secondary N) is 1. The van der Waals surface area contributed by atoms with Crippen LogP contribution in [0.3, 0.4) is 0 Å². The van der Waals surface area contributed by atoms with Crippen molar-refractivity contribution in [3.63, 3.8) is 0 Å². The zero-order valence-corrected chi connectivity index (χ0v) is 18.3. The summed E-state index contributed by atoms with van der Waals surface area (Å²) in [5.41, 5.74) is 1.38. The number of nitrogens with zero attached hydrogens (tertiary/aromatic N) is 2. The lowest BCUT2D eigenvalue weighted by atomic mass is 9.95. The average molecular weight is 431 g/mol. The molecular formula is C22H29N3O6. The Hall–Kier alpha value is -2.97. The molecule has 0 aromatic heterocycles. The number of alkyl carbamates (subject to hydrolysis) is 1. The summed E-state index contributed by atoms with van der Waals surface area (Å²) < 4.78 is 15.4. The summed E-state index contributed by atoms with van der Waals surface area (Å²) in [4.78, 5) is 39.2. The topological polar surface area (TPSA) is 97.4 Å². The summed E-state index contributed by atoms with van der Waals surface area (Å²) in [6.07, 6.45) is -0.645. The number of rotatable bonds is 4. The molecule has 1 saturated carbocycles. The van der Waals surface area contributed by atoms with E-state index < -0.39 is 23.9 Å². The van der Waals surface area contributed by atoms with Gasteiger partial charge in [-0.1, -0.05) is 12.1 Å². The Bertz CT molecular complexity index is 880. The molecule has 3 fully saturated rings. The molecule has 1 aromatic carbocycles. The normalized spacial score (nSPS) is 26.9. The van der Waals surface area contributed by atoms with Crippen molar-refractivity contribution in [1.29, 1.82) is 0 Å². The molecule has 0 bridgehead atoms. The second-order valence-electron chi connectivity index (χ2n) is 9.45. The molecule has 4 rings (SSSR count). The van der Waals surface area contributed by atoms with Crippen molar-refractivity contribution in [1.82, 2.24) is 10.2 Å². The van der Waals surface area contributed by atoms with Gasteiger partial charge in [-0.05, 0) is 50.8 Å². The van der Waals surface area contributed by atoms with Gasteiger partial charge in [-0.15, -0.1) is 0 Å². The first-order valence-electron chi connectivity index (χ1n) is 10.5. The fourth-order valence-corrected chi connectivity index (χ4v) is 4.48. The van der Waals surface area contributed by atoms with E-state index in [0.717, 1.165) is 12.1 Å². The van der Waals surface area contributed by atoms with Crippen LogP contribution in [0.25, 0.3) is 0 Å². The molecule has 2 unspecified atom stereocenters. The highest BCUT2D eigenvalue weighted by atomic mass is 16.6. The van der Waals surface area contributed by atoms with Crippen molar-refractivity contribution >= 4 is 24.0 Å². The molecule has 1 aliphatic carbocycles. The number of likely N-dealkylation sites (tertiary alicyclic amines) is 1. The third-order valence-corrected chi connectivity index (χ3v) is 6.08. The lowest BCUT2D eigenvalue weighted by Crippen LogP contribution is -2.37. The van der Waals surface area contributed by atoms with E-state index in [1.54, 1.807) is 9.80 Å². The molecule has 0 radical (unpaired) electrons. The van der Waals surface area contributed by atoms with E-state index in [1.807, 2.05) is 45.0 Å². The molecule has 2 saturated heterocycles. The summed E-state index contributed by atoms with van der Waals surface area (Å²) in [7, 11) is 1.28. The van der Waals surface area contributed by atoms with Crippen LogP contribution >= 0.6 is 0 Å². The van der Waals surface area contributed by atoms with Crippen molar-refractivity contribution in [2.24, 2.45) is 5.92 Å². The Morgan fingerprint density at radius 3 is 2.58 bits per heavy atom. The molecule has 0 spiro atoms. The van der Waals surface area contributed by atoms with Crippen LogP contribution in [-0.4, -0.2) is 68.2 Å². The van der Waals surface area contributed by atoms with Gasteiger partial charge in [0.25, 0.3) is 0 Å². The Morgan fingerprint density at radius 1 is 1.23 bits per heavy atom. The van der Waals surface area contributed by atoms with Gasteiger partial charge < -0.3 is 24.4 Å². The highest BCUT2D eigenvalue weighted by molar-refractivity contribution is 5.89. The minimum absolute atomic E-state index is 0.0199. The van der Waals surface area contributed by atoms with Crippen LogP contribution in [-0.2, 0) is 19.6 Å². The number of anilines is 1. The lowest BCUT2D eigenvalue weighted by Gasteiger charge is -2.26. The van der Waals surface area contributed by atoms with E-state index in [1.165, 1.54) is 12.7 Å². The predicted molar refractivity (Wildman–Crippen MR) is 112 cm³/mol. The zero-order chi connectivity index (χ0) is 22.4. The number of hydrogen-bond donors (Lipinski definition) is 1. The van der Waals surface area contributed by atoms with Gasteiger partial charge in [-0.3, -0.25) is 4.90 Å². The summed E-state index contributed by atoms with van der Waals surface area (Å²) in [5.74, 6) is 0.441.